The third kappa shape index (κ3) is 3.55. The molecule has 214 valence electrons. The summed E-state index contributed by atoms with van der Waals surface area (Å²) in [6, 6.07) is 52.9. The summed E-state index contributed by atoms with van der Waals surface area (Å²) in [5.41, 5.74) is 8.88. The van der Waals surface area contributed by atoms with Gasteiger partial charge in [-0.3, -0.25) is 4.57 Å². The van der Waals surface area contributed by atoms with E-state index < -0.39 is 0 Å². The fraction of sp³-hybridized carbons (Fsp3) is 0. The minimum atomic E-state index is 0.613. The highest BCUT2D eigenvalue weighted by molar-refractivity contribution is 6.35. The van der Waals surface area contributed by atoms with E-state index in [-0.39, 0.29) is 0 Å². The molecule has 46 heavy (non-hydrogen) atoms. The first-order valence-electron chi connectivity index (χ1n) is 15.5. The first-order chi connectivity index (χ1) is 22.8. The third-order valence-corrected chi connectivity index (χ3v) is 9.19. The van der Waals surface area contributed by atoms with Crippen LogP contribution in [0.5, 0.6) is 0 Å². The van der Waals surface area contributed by atoms with Crippen LogP contribution in [0.25, 0.3) is 93.8 Å². The molecule has 10 aromatic rings. The van der Waals surface area contributed by atoms with Gasteiger partial charge in [-0.2, -0.15) is 0 Å². The van der Waals surface area contributed by atoms with E-state index in [0.717, 1.165) is 71.5 Å². The van der Waals surface area contributed by atoms with Crippen LogP contribution >= 0.6 is 0 Å². The molecule has 0 aliphatic heterocycles. The van der Waals surface area contributed by atoms with E-state index in [1.165, 1.54) is 16.3 Å². The second-order valence-electron chi connectivity index (χ2n) is 11.8. The highest BCUT2D eigenvalue weighted by atomic mass is 16.3. The molecule has 3 aromatic heterocycles. The smallest absolute Gasteiger partial charge is 0.235 e. The molecule has 0 spiro atoms. The van der Waals surface area contributed by atoms with Crippen molar-refractivity contribution in [3.05, 3.63) is 152 Å². The van der Waals surface area contributed by atoms with Crippen molar-refractivity contribution in [1.29, 1.82) is 0 Å². The van der Waals surface area contributed by atoms with Gasteiger partial charge in [-0.05, 0) is 46.2 Å². The zero-order valence-electron chi connectivity index (χ0n) is 24.7. The van der Waals surface area contributed by atoms with Gasteiger partial charge < -0.3 is 4.42 Å². The quantitative estimate of drug-likeness (QED) is 0.207. The number of rotatable bonds is 3. The number of benzene rings is 7. The largest absolute Gasteiger partial charge is 0.454 e. The van der Waals surface area contributed by atoms with Crippen molar-refractivity contribution in [2.75, 3.05) is 0 Å². The molecular formula is C42H25N3O. The normalized spacial score (nSPS) is 11.9. The maximum absolute atomic E-state index is 6.81. The summed E-state index contributed by atoms with van der Waals surface area (Å²) in [5, 5.41) is 7.83. The van der Waals surface area contributed by atoms with Crippen LogP contribution in [0, 0.1) is 0 Å². The monoisotopic (exact) mass is 587 g/mol. The van der Waals surface area contributed by atoms with Crippen molar-refractivity contribution < 1.29 is 4.42 Å². The van der Waals surface area contributed by atoms with E-state index in [0.29, 0.717) is 5.95 Å². The highest BCUT2D eigenvalue weighted by Crippen LogP contribution is 2.46. The Morgan fingerprint density at radius 3 is 1.87 bits per heavy atom. The van der Waals surface area contributed by atoms with Crippen LogP contribution in [0.4, 0.5) is 0 Å². The number of nitrogens with zero attached hydrogens (tertiary/aromatic N) is 3. The molecule has 0 atom stereocenters. The van der Waals surface area contributed by atoms with Crippen LogP contribution in [0.1, 0.15) is 0 Å². The fourth-order valence-corrected chi connectivity index (χ4v) is 7.18. The average Bonchev–Trinajstić information content (AvgIpc) is 3.68. The molecule has 0 saturated heterocycles. The Bertz CT molecular complexity index is 2790. The van der Waals surface area contributed by atoms with Gasteiger partial charge >= 0.3 is 0 Å². The summed E-state index contributed by atoms with van der Waals surface area (Å²) in [4.78, 5) is 10.6. The second kappa shape index (κ2) is 9.62. The van der Waals surface area contributed by atoms with Crippen LogP contribution in [0.3, 0.4) is 0 Å². The van der Waals surface area contributed by atoms with Gasteiger partial charge in [0.05, 0.1) is 16.7 Å². The molecule has 4 nitrogen and oxygen atoms in total. The lowest BCUT2D eigenvalue weighted by Crippen LogP contribution is -2.03. The Labute approximate surface area is 263 Å². The van der Waals surface area contributed by atoms with Gasteiger partial charge in [0.15, 0.2) is 5.58 Å². The van der Waals surface area contributed by atoms with Crippen LogP contribution < -0.4 is 0 Å². The van der Waals surface area contributed by atoms with Crippen LogP contribution in [-0.4, -0.2) is 14.5 Å². The summed E-state index contributed by atoms with van der Waals surface area (Å²) in [7, 11) is 0. The van der Waals surface area contributed by atoms with Gasteiger partial charge in [-0.15, -0.1) is 0 Å². The predicted octanol–water partition coefficient (Wildman–Crippen LogP) is 11.1. The lowest BCUT2D eigenvalue weighted by Gasteiger charge is -2.12. The van der Waals surface area contributed by atoms with E-state index in [4.69, 9.17) is 14.4 Å². The van der Waals surface area contributed by atoms with Crippen molar-refractivity contribution in [3.63, 3.8) is 0 Å². The second-order valence-corrected chi connectivity index (χ2v) is 11.8. The number of hydrogen-bond acceptors (Lipinski definition) is 3. The first-order valence-corrected chi connectivity index (χ1v) is 15.5. The molecule has 0 saturated carbocycles. The zero-order chi connectivity index (χ0) is 30.2. The molecular weight excluding hydrogens is 562 g/mol. The first kappa shape index (κ1) is 25.1. The molecule has 3 heterocycles. The summed E-state index contributed by atoms with van der Waals surface area (Å²) < 4.78 is 9.02. The highest BCUT2D eigenvalue weighted by Gasteiger charge is 2.25. The minimum Gasteiger partial charge on any atom is -0.454 e. The van der Waals surface area contributed by atoms with E-state index in [1.807, 2.05) is 24.3 Å². The molecule has 0 amide bonds. The molecule has 0 aliphatic rings. The maximum atomic E-state index is 6.81. The van der Waals surface area contributed by atoms with Crippen molar-refractivity contribution >= 4 is 65.4 Å². The van der Waals surface area contributed by atoms with Crippen molar-refractivity contribution in [3.8, 4) is 28.3 Å². The average molecular weight is 588 g/mol. The maximum Gasteiger partial charge on any atom is 0.235 e. The van der Waals surface area contributed by atoms with Crippen LogP contribution in [0.2, 0.25) is 0 Å². The number of aromatic nitrogens is 3. The molecule has 0 N–H and O–H groups in total. The lowest BCUT2D eigenvalue weighted by atomic mass is 9.97. The summed E-state index contributed by atoms with van der Waals surface area (Å²) in [5.74, 6) is 0.613. The van der Waals surface area contributed by atoms with Crippen molar-refractivity contribution in [2.24, 2.45) is 0 Å². The van der Waals surface area contributed by atoms with E-state index in [2.05, 4.69) is 132 Å². The number of furan rings is 1. The van der Waals surface area contributed by atoms with Gasteiger partial charge in [0.25, 0.3) is 0 Å². The molecule has 0 fully saturated rings. The Kier molecular flexibility index (Phi) is 5.25. The summed E-state index contributed by atoms with van der Waals surface area (Å²) in [6.45, 7) is 0. The zero-order valence-corrected chi connectivity index (χ0v) is 24.7. The molecule has 0 unspecified atom stereocenters. The standard InChI is InChI=1S/C42H25N3O/c1-3-13-26(14-4-1)28-23-24-35-33(25-28)37-29-17-7-8-18-30(29)38-32-20-10-12-22-36(32)46-41(38)40(37)45(35)42-43-34-21-11-9-19-31(34)39(44-42)27-15-5-2-6-16-27/h1-25H. The molecule has 0 bridgehead atoms. The predicted molar refractivity (Wildman–Crippen MR) is 190 cm³/mol. The minimum absolute atomic E-state index is 0.613. The third-order valence-electron chi connectivity index (χ3n) is 9.19. The van der Waals surface area contributed by atoms with Crippen LogP contribution in [0.15, 0.2) is 156 Å². The van der Waals surface area contributed by atoms with Gasteiger partial charge in [0, 0.05) is 32.5 Å². The van der Waals surface area contributed by atoms with E-state index in [9.17, 15) is 0 Å². The van der Waals surface area contributed by atoms with Crippen molar-refractivity contribution in [2.45, 2.75) is 0 Å². The van der Waals surface area contributed by atoms with E-state index in [1.54, 1.807) is 0 Å². The molecule has 7 aromatic carbocycles. The topological polar surface area (TPSA) is 43.9 Å². The van der Waals surface area contributed by atoms with Crippen LogP contribution in [-0.2, 0) is 0 Å². The molecule has 0 radical (unpaired) electrons. The van der Waals surface area contributed by atoms with Crippen molar-refractivity contribution in [1.82, 2.24) is 14.5 Å². The summed E-state index contributed by atoms with van der Waals surface area (Å²) >= 11 is 0. The van der Waals surface area contributed by atoms with Gasteiger partial charge in [0.1, 0.15) is 11.1 Å². The Balaban J connectivity index is 1.44. The SMILES string of the molecule is c1ccc(-c2ccc3c(c2)c2c4ccccc4c4c5ccccc5oc4c2n3-c2nc(-c3ccccc3)c3ccccc3n2)cc1. The Morgan fingerprint density at radius 2 is 1.09 bits per heavy atom. The summed E-state index contributed by atoms with van der Waals surface area (Å²) in [6.07, 6.45) is 0. The molecule has 10 rings (SSSR count). The molecule has 0 aliphatic carbocycles. The molecule has 4 heteroatoms. The number of hydrogen-bond donors (Lipinski definition) is 0. The lowest BCUT2D eigenvalue weighted by molar-refractivity contribution is 0.671. The Morgan fingerprint density at radius 1 is 0.457 bits per heavy atom. The fourth-order valence-electron chi connectivity index (χ4n) is 7.18. The number of fused-ring (bicyclic) bond motifs is 11. The van der Waals surface area contributed by atoms with Gasteiger partial charge in [0.2, 0.25) is 5.95 Å². The van der Waals surface area contributed by atoms with E-state index >= 15 is 0 Å². The van der Waals surface area contributed by atoms with Gasteiger partial charge in [-0.25, -0.2) is 9.97 Å². The Hall–Kier alpha value is -6.26. The number of para-hydroxylation sites is 2. The van der Waals surface area contributed by atoms with Gasteiger partial charge in [-0.1, -0.05) is 127 Å².